The van der Waals surface area contributed by atoms with Crippen LogP contribution in [0.3, 0.4) is 0 Å². The second kappa shape index (κ2) is 9.10. The third-order valence-corrected chi connectivity index (χ3v) is 8.46. The highest BCUT2D eigenvalue weighted by Crippen LogP contribution is 2.36. The first-order valence-corrected chi connectivity index (χ1v) is 12.3. The Hall–Kier alpha value is -2.60. The lowest BCUT2D eigenvalue weighted by molar-refractivity contribution is 0.0702. The topological polar surface area (TPSA) is 102 Å². The van der Waals surface area contributed by atoms with Crippen LogP contribution in [0.25, 0.3) is 10.2 Å². The normalized spacial score (nSPS) is 15.3. The molecule has 32 heavy (non-hydrogen) atoms. The van der Waals surface area contributed by atoms with Crippen molar-refractivity contribution in [3.8, 4) is 5.88 Å². The molecule has 4 rings (SSSR count). The molecule has 0 saturated carbocycles. The summed E-state index contributed by atoms with van der Waals surface area (Å²) in [6.07, 6.45) is 0. The molecule has 0 bridgehead atoms. The van der Waals surface area contributed by atoms with Gasteiger partial charge in [0.1, 0.15) is 11.4 Å². The maximum Gasteiger partial charge on any atom is 0.264 e. The van der Waals surface area contributed by atoms with Gasteiger partial charge in [0.15, 0.2) is 5.82 Å². The van der Waals surface area contributed by atoms with E-state index in [4.69, 9.17) is 9.47 Å². The number of benzene rings is 1. The zero-order valence-electron chi connectivity index (χ0n) is 18.1. The number of ether oxygens (including phenoxy) is 2. The van der Waals surface area contributed by atoms with Gasteiger partial charge in [0, 0.05) is 33.3 Å². The van der Waals surface area contributed by atoms with Gasteiger partial charge in [-0.15, -0.1) is 11.3 Å². The number of nitrogens with zero attached hydrogens (tertiary/aromatic N) is 4. The van der Waals surface area contributed by atoms with E-state index in [0.29, 0.717) is 39.9 Å². The maximum absolute atomic E-state index is 13.3. The molecule has 0 atom stereocenters. The van der Waals surface area contributed by atoms with Gasteiger partial charge in [0.2, 0.25) is 15.9 Å². The summed E-state index contributed by atoms with van der Waals surface area (Å²) in [4.78, 5) is 25.3. The molecule has 0 spiro atoms. The van der Waals surface area contributed by atoms with Crippen LogP contribution >= 0.6 is 11.3 Å². The van der Waals surface area contributed by atoms with Gasteiger partial charge in [-0.2, -0.15) is 9.29 Å². The molecular formula is C21H24N4O5S2. The number of hydrogen-bond acceptors (Lipinski definition) is 8. The summed E-state index contributed by atoms with van der Waals surface area (Å²) in [6.45, 7) is 3.21. The fourth-order valence-corrected chi connectivity index (χ4v) is 6.31. The predicted octanol–water partition coefficient (Wildman–Crippen LogP) is 2.30. The number of carbonyl (C=O) groups excluding carboxylic acids is 1. The van der Waals surface area contributed by atoms with Gasteiger partial charge >= 0.3 is 0 Å². The second-order valence-corrected chi connectivity index (χ2v) is 10.3. The second-order valence-electron chi connectivity index (χ2n) is 7.33. The zero-order valence-corrected chi connectivity index (χ0v) is 19.7. The molecule has 3 heterocycles. The number of aryl methyl sites for hydroxylation is 1. The number of thiophene rings is 1. The number of aromatic nitrogens is 2. The minimum atomic E-state index is -3.57. The summed E-state index contributed by atoms with van der Waals surface area (Å²) < 4.78 is 37.7. The van der Waals surface area contributed by atoms with Crippen LogP contribution < -0.4 is 4.74 Å². The molecule has 9 nitrogen and oxygen atoms in total. The molecule has 1 aliphatic rings. The van der Waals surface area contributed by atoms with Crippen LogP contribution in [0, 0.1) is 6.92 Å². The Kier molecular flexibility index (Phi) is 6.42. The number of amides is 1. The fraction of sp³-hybridized carbons (Fsp3) is 0.381. The molecule has 1 aromatic carbocycles. The Morgan fingerprint density at radius 2 is 1.78 bits per heavy atom. The lowest BCUT2D eigenvalue weighted by atomic mass is 10.2. The average Bonchev–Trinajstić information content (AvgIpc) is 3.15. The van der Waals surface area contributed by atoms with Crippen molar-refractivity contribution in [2.24, 2.45) is 0 Å². The Morgan fingerprint density at radius 1 is 1.09 bits per heavy atom. The van der Waals surface area contributed by atoms with Gasteiger partial charge in [0.05, 0.1) is 22.3 Å². The number of rotatable bonds is 6. The molecule has 2 aromatic heterocycles. The third-order valence-electron chi connectivity index (χ3n) is 5.37. The van der Waals surface area contributed by atoms with E-state index in [2.05, 4.69) is 9.97 Å². The standard InChI is InChI=1S/C21H24N4O5S2/c1-14-17-19(30-3)22-16(13-29-2)23-20(17)31-18(14)21(26)24-9-11-25(12-10-24)32(27,28)15-7-5-4-6-8-15/h4-8H,9-13H2,1-3H3. The van der Waals surface area contributed by atoms with E-state index in [1.807, 2.05) is 6.92 Å². The van der Waals surface area contributed by atoms with Crippen molar-refractivity contribution in [3.05, 3.63) is 46.6 Å². The van der Waals surface area contributed by atoms with Crippen molar-refractivity contribution in [2.75, 3.05) is 40.4 Å². The first-order chi connectivity index (χ1) is 15.4. The Morgan fingerprint density at radius 3 is 2.41 bits per heavy atom. The van der Waals surface area contributed by atoms with Crippen molar-refractivity contribution in [1.29, 1.82) is 0 Å². The molecule has 0 radical (unpaired) electrons. The van der Waals surface area contributed by atoms with Crippen LogP contribution in [0.15, 0.2) is 35.2 Å². The quantitative estimate of drug-likeness (QED) is 0.538. The molecule has 1 amide bonds. The Bertz CT molecular complexity index is 1240. The minimum Gasteiger partial charge on any atom is -0.480 e. The van der Waals surface area contributed by atoms with Crippen LogP contribution in [0.4, 0.5) is 0 Å². The van der Waals surface area contributed by atoms with Crippen molar-refractivity contribution in [2.45, 2.75) is 18.4 Å². The highest BCUT2D eigenvalue weighted by atomic mass is 32.2. The molecule has 1 fully saturated rings. The Labute approximate surface area is 190 Å². The summed E-state index contributed by atoms with van der Waals surface area (Å²) >= 11 is 1.29. The number of fused-ring (bicyclic) bond motifs is 1. The van der Waals surface area contributed by atoms with E-state index >= 15 is 0 Å². The largest absolute Gasteiger partial charge is 0.480 e. The van der Waals surface area contributed by atoms with Crippen LogP contribution in [0.1, 0.15) is 21.1 Å². The molecule has 11 heteroatoms. The first kappa shape index (κ1) is 22.6. The van der Waals surface area contributed by atoms with Gasteiger partial charge in [-0.25, -0.2) is 13.4 Å². The third kappa shape index (κ3) is 4.08. The molecule has 3 aromatic rings. The highest BCUT2D eigenvalue weighted by Gasteiger charge is 2.32. The van der Waals surface area contributed by atoms with Gasteiger partial charge < -0.3 is 14.4 Å². The molecule has 1 aliphatic heterocycles. The monoisotopic (exact) mass is 476 g/mol. The van der Waals surface area contributed by atoms with Crippen LogP contribution in [0.2, 0.25) is 0 Å². The van der Waals surface area contributed by atoms with Crippen molar-refractivity contribution >= 4 is 37.5 Å². The number of piperazine rings is 1. The Balaban J connectivity index is 1.55. The van der Waals surface area contributed by atoms with E-state index in [-0.39, 0.29) is 30.5 Å². The lowest BCUT2D eigenvalue weighted by Crippen LogP contribution is -2.50. The van der Waals surface area contributed by atoms with E-state index in [1.54, 1.807) is 42.3 Å². The summed E-state index contributed by atoms with van der Waals surface area (Å²) in [6, 6.07) is 8.35. The van der Waals surface area contributed by atoms with E-state index in [0.717, 1.165) is 5.56 Å². The summed E-state index contributed by atoms with van der Waals surface area (Å²) in [5, 5.41) is 0.714. The van der Waals surface area contributed by atoms with Gasteiger partial charge in [-0.05, 0) is 24.6 Å². The van der Waals surface area contributed by atoms with Crippen molar-refractivity contribution in [3.63, 3.8) is 0 Å². The highest BCUT2D eigenvalue weighted by molar-refractivity contribution is 7.89. The van der Waals surface area contributed by atoms with Crippen LogP contribution in [-0.4, -0.2) is 73.9 Å². The summed E-state index contributed by atoms with van der Waals surface area (Å²) in [7, 11) is -0.480. The van der Waals surface area contributed by atoms with Crippen molar-refractivity contribution < 1.29 is 22.7 Å². The van der Waals surface area contributed by atoms with Gasteiger partial charge in [-0.1, -0.05) is 18.2 Å². The number of hydrogen-bond donors (Lipinski definition) is 0. The molecule has 170 valence electrons. The predicted molar refractivity (Wildman–Crippen MR) is 121 cm³/mol. The molecule has 0 aliphatic carbocycles. The number of carbonyl (C=O) groups is 1. The molecule has 0 N–H and O–H groups in total. The summed E-state index contributed by atoms with van der Waals surface area (Å²) in [5.74, 6) is 0.753. The van der Waals surface area contributed by atoms with E-state index in [1.165, 1.54) is 22.8 Å². The molecule has 0 unspecified atom stereocenters. The fourth-order valence-electron chi connectivity index (χ4n) is 3.71. The summed E-state index contributed by atoms with van der Waals surface area (Å²) in [5.41, 5.74) is 0.759. The zero-order chi connectivity index (χ0) is 22.9. The maximum atomic E-state index is 13.3. The van der Waals surface area contributed by atoms with Gasteiger partial charge in [0.25, 0.3) is 5.91 Å². The minimum absolute atomic E-state index is 0.141. The first-order valence-electron chi connectivity index (χ1n) is 10.0. The molecular weight excluding hydrogens is 452 g/mol. The lowest BCUT2D eigenvalue weighted by Gasteiger charge is -2.33. The number of methoxy groups -OCH3 is 2. The van der Waals surface area contributed by atoms with Crippen molar-refractivity contribution in [1.82, 2.24) is 19.2 Å². The number of sulfonamides is 1. The van der Waals surface area contributed by atoms with Crippen LogP contribution in [-0.2, 0) is 21.4 Å². The SMILES string of the molecule is COCc1nc(OC)c2c(C)c(C(=O)N3CCN(S(=O)(=O)c4ccccc4)CC3)sc2n1. The van der Waals surface area contributed by atoms with Crippen LogP contribution in [0.5, 0.6) is 5.88 Å². The van der Waals surface area contributed by atoms with E-state index < -0.39 is 10.0 Å². The average molecular weight is 477 g/mol. The molecule has 1 saturated heterocycles. The smallest absolute Gasteiger partial charge is 0.264 e. The van der Waals surface area contributed by atoms with Gasteiger partial charge in [-0.3, -0.25) is 4.79 Å². The van der Waals surface area contributed by atoms with E-state index in [9.17, 15) is 13.2 Å².